The molecule has 0 aliphatic carbocycles. The van der Waals surface area contributed by atoms with E-state index in [9.17, 15) is 4.79 Å². The Balaban J connectivity index is 1.70. The van der Waals surface area contributed by atoms with Crippen molar-refractivity contribution < 1.29 is 4.79 Å². The quantitative estimate of drug-likeness (QED) is 0.900. The van der Waals surface area contributed by atoms with Crippen LogP contribution in [0.25, 0.3) is 0 Å². The van der Waals surface area contributed by atoms with E-state index in [1.54, 1.807) is 18.2 Å². The topological polar surface area (TPSA) is 32.3 Å². The molecular weight excluding hydrogens is 307 g/mol. The lowest BCUT2D eigenvalue weighted by Crippen LogP contribution is -2.45. The lowest BCUT2D eigenvalue weighted by molar-refractivity contribution is 0.0651. The monoisotopic (exact) mass is 326 g/mol. The van der Waals surface area contributed by atoms with Crippen LogP contribution in [-0.2, 0) is 0 Å². The number of halogens is 2. The molecule has 3 rings (SSSR count). The van der Waals surface area contributed by atoms with Gasteiger partial charge < -0.3 is 10.2 Å². The van der Waals surface area contributed by atoms with Crippen molar-refractivity contribution in [2.45, 2.75) is 31.7 Å². The predicted octanol–water partition coefficient (Wildman–Crippen LogP) is 3.60. The summed E-state index contributed by atoms with van der Waals surface area (Å²) in [7, 11) is 0. The van der Waals surface area contributed by atoms with Crippen LogP contribution < -0.4 is 5.32 Å². The number of hydrogen-bond donors (Lipinski definition) is 1. The van der Waals surface area contributed by atoms with Gasteiger partial charge in [-0.2, -0.15) is 0 Å². The molecule has 0 bridgehead atoms. The number of rotatable bonds is 2. The van der Waals surface area contributed by atoms with Crippen LogP contribution in [0.3, 0.4) is 0 Å². The molecule has 2 saturated heterocycles. The molecule has 2 aliphatic rings. The van der Waals surface area contributed by atoms with Gasteiger partial charge in [0.05, 0.1) is 10.0 Å². The fraction of sp³-hybridized carbons (Fsp3) is 0.562. The van der Waals surface area contributed by atoms with Gasteiger partial charge in [0.1, 0.15) is 0 Å². The summed E-state index contributed by atoms with van der Waals surface area (Å²) < 4.78 is 0. The summed E-state index contributed by atoms with van der Waals surface area (Å²) in [4.78, 5) is 14.6. The summed E-state index contributed by atoms with van der Waals surface area (Å²) in [6, 6.07) is 5.70. The fourth-order valence-electron chi connectivity index (χ4n) is 3.45. The van der Waals surface area contributed by atoms with Crippen LogP contribution >= 0.6 is 23.2 Å². The number of benzene rings is 1. The van der Waals surface area contributed by atoms with Crippen LogP contribution in [0.5, 0.6) is 0 Å². The Labute approximate surface area is 135 Å². The van der Waals surface area contributed by atoms with Crippen molar-refractivity contribution in [1.82, 2.24) is 10.2 Å². The molecule has 2 unspecified atom stereocenters. The zero-order valence-corrected chi connectivity index (χ0v) is 13.5. The Morgan fingerprint density at radius 3 is 2.76 bits per heavy atom. The third-order valence-corrected chi connectivity index (χ3v) is 5.32. The maximum Gasteiger partial charge on any atom is 0.253 e. The first kappa shape index (κ1) is 15.1. The maximum atomic E-state index is 12.6. The number of piperidine rings is 1. The van der Waals surface area contributed by atoms with E-state index in [0.717, 1.165) is 26.1 Å². The molecule has 2 atom stereocenters. The maximum absolute atomic E-state index is 12.6. The minimum absolute atomic E-state index is 0.0660. The van der Waals surface area contributed by atoms with Crippen molar-refractivity contribution in [2.75, 3.05) is 19.6 Å². The SMILES string of the molecule is O=C(c1ccc(Cl)c(Cl)c1)N1CCCC(C2CCCN2)C1. The van der Waals surface area contributed by atoms with Gasteiger partial charge in [-0.05, 0) is 56.3 Å². The van der Waals surface area contributed by atoms with Crippen LogP contribution in [-0.4, -0.2) is 36.5 Å². The molecular formula is C16H20Cl2N2O. The summed E-state index contributed by atoms with van der Waals surface area (Å²) in [5.41, 5.74) is 0.629. The van der Waals surface area contributed by atoms with Gasteiger partial charge in [0.25, 0.3) is 5.91 Å². The normalized spacial score (nSPS) is 26.1. The van der Waals surface area contributed by atoms with Crippen LogP contribution in [0.1, 0.15) is 36.0 Å². The number of likely N-dealkylation sites (tertiary alicyclic amines) is 1. The molecule has 1 N–H and O–H groups in total. The molecule has 1 aromatic carbocycles. The van der Waals surface area contributed by atoms with E-state index in [2.05, 4.69) is 5.32 Å². The minimum Gasteiger partial charge on any atom is -0.338 e. The first-order chi connectivity index (χ1) is 10.1. The smallest absolute Gasteiger partial charge is 0.253 e. The van der Waals surface area contributed by atoms with E-state index in [1.807, 2.05) is 4.90 Å². The van der Waals surface area contributed by atoms with E-state index in [1.165, 1.54) is 19.3 Å². The summed E-state index contributed by atoms with van der Waals surface area (Å²) in [5.74, 6) is 0.643. The third-order valence-electron chi connectivity index (χ3n) is 4.58. The van der Waals surface area contributed by atoms with E-state index in [0.29, 0.717) is 27.6 Å². The van der Waals surface area contributed by atoms with Gasteiger partial charge in [0.2, 0.25) is 0 Å². The second kappa shape index (κ2) is 6.55. The van der Waals surface area contributed by atoms with Gasteiger partial charge in [-0.3, -0.25) is 4.79 Å². The highest BCUT2D eigenvalue weighted by atomic mass is 35.5. The summed E-state index contributed by atoms with van der Waals surface area (Å²) in [6.45, 7) is 2.79. The van der Waals surface area contributed by atoms with E-state index < -0.39 is 0 Å². The molecule has 2 fully saturated rings. The number of amides is 1. The average Bonchev–Trinajstić information content (AvgIpc) is 3.04. The number of hydrogen-bond acceptors (Lipinski definition) is 2. The highest BCUT2D eigenvalue weighted by molar-refractivity contribution is 6.42. The molecule has 1 aromatic rings. The molecule has 0 spiro atoms. The summed E-state index contributed by atoms with van der Waals surface area (Å²) in [6.07, 6.45) is 4.78. The van der Waals surface area contributed by atoms with Gasteiger partial charge in [0, 0.05) is 24.7 Å². The van der Waals surface area contributed by atoms with Gasteiger partial charge in [0.15, 0.2) is 0 Å². The molecule has 2 aliphatic heterocycles. The van der Waals surface area contributed by atoms with Crippen molar-refractivity contribution in [2.24, 2.45) is 5.92 Å². The Hall–Kier alpha value is -0.770. The van der Waals surface area contributed by atoms with Gasteiger partial charge in [-0.15, -0.1) is 0 Å². The number of carbonyl (C=O) groups is 1. The van der Waals surface area contributed by atoms with Gasteiger partial charge >= 0.3 is 0 Å². The van der Waals surface area contributed by atoms with Crippen molar-refractivity contribution in [1.29, 1.82) is 0 Å². The molecule has 0 saturated carbocycles. The molecule has 2 heterocycles. The Morgan fingerprint density at radius 2 is 2.05 bits per heavy atom. The second-order valence-corrected chi connectivity index (χ2v) is 6.80. The first-order valence-electron chi connectivity index (χ1n) is 7.63. The summed E-state index contributed by atoms with van der Waals surface area (Å²) >= 11 is 11.9. The van der Waals surface area contributed by atoms with Crippen LogP contribution in [0.4, 0.5) is 0 Å². The third kappa shape index (κ3) is 3.36. The van der Waals surface area contributed by atoms with Crippen LogP contribution in [0, 0.1) is 5.92 Å². The first-order valence-corrected chi connectivity index (χ1v) is 8.38. The minimum atomic E-state index is 0.0660. The molecule has 0 radical (unpaired) electrons. The Kier molecular flexibility index (Phi) is 4.72. The predicted molar refractivity (Wildman–Crippen MR) is 86.1 cm³/mol. The van der Waals surface area contributed by atoms with E-state index in [-0.39, 0.29) is 5.91 Å². The Bertz CT molecular complexity index is 529. The second-order valence-electron chi connectivity index (χ2n) is 5.99. The fourth-order valence-corrected chi connectivity index (χ4v) is 3.75. The van der Waals surface area contributed by atoms with Crippen molar-refractivity contribution in [3.8, 4) is 0 Å². The standard InChI is InChI=1S/C16H20Cl2N2O/c17-13-6-5-11(9-14(13)18)16(21)20-8-2-3-12(10-20)15-4-1-7-19-15/h5-6,9,12,15,19H,1-4,7-8,10H2. The van der Waals surface area contributed by atoms with Crippen LogP contribution in [0.2, 0.25) is 10.0 Å². The average molecular weight is 327 g/mol. The molecule has 5 heteroatoms. The highest BCUT2D eigenvalue weighted by Gasteiger charge is 2.31. The summed E-state index contributed by atoms with van der Waals surface area (Å²) in [5, 5.41) is 4.49. The zero-order chi connectivity index (χ0) is 14.8. The molecule has 114 valence electrons. The largest absolute Gasteiger partial charge is 0.338 e. The van der Waals surface area contributed by atoms with Crippen molar-refractivity contribution in [3.05, 3.63) is 33.8 Å². The number of carbonyl (C=O) groups excluding carboxylic acids is 1. The van der Waals surface area contributed by atoms with Gasteiger partial charge in [-0.1, -0.05) is 23.2 Å². The van der Waals surface area contributed by atoms with E-state index in [4.69, 9.17) is 23.2 Å². The number of nitrogens with zero attached hydrogens (tertiary/aromatic N) is 1. The van der Waals surface area contributed by atoms with Crippen molar-refractivity contribution >= 4 is 29.1 Å². The van der Waals surface area contributed by atoms with Gasteiger partial charge in [-0.25, -0.2) is 0 Å². The Morgan fingerprint density at radius 1 is 1.19 bits per heavy atom. The number of nitrogens with one attached hydrogen (secondary N) is 1. The molecule has 0 aromatic heterocycles. The van der Waals surface area contributed by atoms with Crippen LogP contribution in [0.15, 0.2) is 18.2 Å². The lowest BCUT2D eigenvalue weighted by Gasteiger charge is -2.36. The molecule has 21 heavy (non-hydrogen) atoms. The van der Waals surface area contributed by atoms with Crippen molar-refractivity contribution in [3.63, 3.8) is 0 Å². The molecule has 3 nitrogen and oxygen atoms in total. The zero-order valence-electron chi connectivity index (χ0n) is 11.9. The van der Waals surface area contributed by atoms with E-state index >= 15 is 0 Å². The lowest BCUT2D eigenvalue weighted by atomic mass is 9.89. The molecule has 1 amide bonds. The highest BCUT2D eigenvalue weighted by Crippen LogP contribution is 2.27.